The fraction of sp³-hybridized carbons (Fsp3) is 0.395. The van der Waals surface area contributed by atoms with Gasteiger partial charge in [0.05, 0.1) is 17.0 Å². The highest BCUT2D eigenvalue weighted by molar-refractivity contribution is 5.96. The molecule has 1 aliphatic rings. The van der Waals surface area contributed by atoms with Crippen LogP contribution < -0.4 is 32.3 Å². The minimum atomic E-state index is -1.22. The van der Waals surface area contributed by atoms with E-state index < -0.39 is 47.2 Å². The third-order valence-corrected chi connectivity index (χ3v) is 10.4. The summed E-state index contributed by atoms with van der Waals surface area (Å²) in [6, 6.07) is 16.5. The van der Waals surface area contributed by atoms with Crippen LogP contribution in [0.5, 0.6) is 0 Å². The topological polar surface area (TPSA) is 230 Å². The zero-order valence-corrected chi connectivity index (χ0v) is 32.8. The van der Waals surface area contributed by atoms with E-state index >= 15 is 0 Å². The van der Waals surface area contributed by atoms with Crippen molar-refractivity contribution in [2.45, 2.75) is 101 Å². The maximum atomic E-state index is 14.0. The zero-order chi connectivity index (χ0) is 41.3. The number of aromatic amines is 1. The molecule has 3 atom stereocenters. The van der Waals surface area contributed by atoms with Crippen molar-refractivity contribution in [1.29, 1.82) is 0 Å². The number of para-hydroxylation sites is 2. The molecule has 15 nitrogen and oxygen atoms in total. The second kappa shape index (κ2) is 21.2. The summed E-state index contributed by atoms with van der Waals surface area (Å²) in [5.41, 5.74) is 8.54. The van der Waals surface area contributed by atoms with E-state index in [1.807, 2.05) is 54.6 Å². The molecule has 5 rings (SSSR count). The van der Waals surface area contributed by atoms with Gasteiger partial charge in [-0.3, -0.25) is 29.0 Å². The van der Waals surface area contributed by atoms with Crippen LogP contribution in [0.25, 0.3) is 17.1 Å². The largest absolute Gasteiger partial charge is 0.368 e. The predicted octanol–water partition coefficient (Wildman–Crippen LogP) is 4.45. The Morgan fingerprint density at radius 1 is 0.862 bits per heavy atom. The molecule has 1 saturated carbocycles. The number of fused-ring (bicyclic) bond motifs is 1. The molecule has 0 saturated heterocycles. The van der Waals surface area contributed by atoms with Gasteiger partial charge in [-0.2, -0.15) is 0 Å². The summed E-state index contributed by atoms with van der Waals surface area (Å²) in [4.78, 5) is 89.4. The number of rotatable bonds is 21. The Labute approximate surface area is 337 Å². The molecule has 1 fully saturated rings. The van der Waals surface area contributed by atoms with Crippen LogP contribution in [0, 0.1) is 0 Å². The molecule has 15 heteroatoms. The predicted molar refractivity (Wildman–Crippen MR) is 221 cm³/mol. The lowest BCUT2D eigenvalue weighted by Crippen LogP contribution is -2.62. The minimum Gasteiger partial charge on any atom is -0.368 e. The maximum Gasteiger partial charge on any atom is 0.243 e. The van der Waals surface area contributed by atoms with Crippen molar-refractivity contribution in [3.8, 4) is 0 Å². The summed E-state index contributed by atoms with van der Waals surface area (Å²) in [7, 11) is 0. The van der Waals surface area contributed by atoms with Gasteiger partial charge in [0.1, 0.15) is 23.9 Å². The van der Waals surface area contributed by atoms with Crippen LogP contribution in [0.3, 0.4) is 0 Å². The fourth-order valence-electron chi connectivity index (χ4n) is 6.97. The zero-order valence-electron chi connectivity index (χ0n) is 32.8. The number of hydrogen-bond acceptors (Lipinski definition) is 9. The number of hydrogen-bond donors (Lipinski definition) is 7. The molecule has 1 unspecified atom stereocenters. The van der Waals surface area contributed by atoms with Crippen molar-refractivity contribution in [2.24, 2.45) is 5.73 Å². The second-order valence-electron chi connectivity index (χ2n) is 14.7. The van der Waals surface area contributed by atoms with Gasteiger partial charge < -0.3 is 42.1 Å². The van der Waals surface area contributed by atoms with Gasteiger partial charge in [-0.05, 0) is 99.4 Å². The molecule has 0 spiro atoms. The van der Waals surface area contributed by atoms with E-state index in [1.54, 1.807) is 31.5 Å². The Kier molecular flexibility index (Phi) is 15.7. The van der Waals surface area contributed by atoms with Crippen molar-refractivity contribution in [2.75, 3.05) is 11.9 Å². The molecule has 0 bridgehead atoms. The number of aldehydes is 1. The molecule has 8 N–H and O–H groups in total. The Morgan fingerprint density at radius 3 is 2.29 bits per heavy atom. The summed E-state index contributed by atoms with van der Waals surface area (Å²) in [5, 5.41) is 14.6. The monoisotopic (exact) mass is 791 g/mol. The SMILES string of the molecule is CC(C(=O)N[C@H](CCCCNC(=O)/C=C/c1cccnc1)C(=O)N[C@H](CCCC=O)C(=O)NC1(C(N)=O)CCCCC1)c1ccc(Nc2nc3ccccc3[nH]2)cc1. The number of primary amides is 1. The standard InChI is InChI=1S/C43H53N9O6/c1-29(31-18-20-32(21-19-31)47-42-50-33-13-3-4-14-34(33)51-42)38(55)48-35(15-5-9-26-46-37(54)22-17-30-12-11-25-45-28-30)39(56)49-36(16-6-10-27-53)40(57)52-43(41(44)58)23-7-2-8-24-43/h3-4,11-14,17-22,25,27-29,35-36H,2,5-10,15-16,23-24,26H2,1H3,(H2,44,58)(H,46,54)(H,48,55)(H,49,56)(H,52,57)(H2,47,50,51)/b22-17+/t29?,35-,36-/m1/s1. The average molecular weight is 792 g/mol. The molecule has 5 amide bonds. The number of carbonyl (C=O) groups excluding carboxylic acids is 6. The first-order valence-corrected chi connectivity index (χ1v) is 19.9. The number of pyridine rings is 1. The molecule has 4 aromatic rings. The third kappa shape index (κ3) is 12.3. The number of nitrogens with zero attached hydrogens (tertiary/aromatic N) is 2. The van der Waals surface area contributed by atoms with Crippen molar-refractivity contribution in [1.82, 2.24) is 36.2 Å². The van der Waals surface area contributed by atoms with E-state index in [0.717, 1.165) is 47.8 Å². The van der Waals surface area contributed by atoms with E-state index in [0.29, 0.717) is 50.2 Å². The number of amides is 5. The van der Waals surface area contributed by atoms with Crippen LogP contribution in [-0.4, -0.2) is 74.9 Å². The van der Waals surface area contributed by atoms with Gasteiger partial charge in [-0.25, -0.2) is 4.98 Å². The van der Waals surface area contributed by atoms with Crippen LogP contribution >= 0.6 is 0 Å². The normalized spacial score (nSPS) is 15.1. The molecule has 2 aromatic carbocycles. The van der Waals surface area contributed by atoms with Gasteiger partial charge >= 0.3 is 0 Å². The van der Waals surface area contributed by atoms with Crippen molar-refractivity contribution in [3.63, 3.8) is 0 Å². The molecule has 0 aliphatic heterocycles. The Bertz CT molecular complexity index is 2010. The van der Waals surface area contributed by atoms with E-state index in [1.165, 1.54) is 6.08 Å². The molecule has 2 aromatic heterocycles. The Hall–Kier alpha value is -6.38. The second-order valence-corrected chi connectivity index (χ2v) is 14.7. The minimum absolute atomic E-state index is 0.134. The van der Waals surface area contributed by atoms with Crippen molar-refractivity contribution < 1.29 is 28.8 Å². The molecule has 1 aliphatic carbocycles. The number of benzene rings is 2. The number of unbranched alkanes of at least 4 members (excludes halogenated alkanes) is 2. The quantitative estimate of drug-likeness (QED) is 0.0359. The third-order valence-electron chi connectivity index (χ3n) is 10.4. The summed E-state index contributed by atoms with van der Waals surface area (Å²) in [6.07, 6.45) is 12.0. The maximum absolute atomic E-state index is 14.0. The first-order valence-electron chi connectivity index (χ1n) is 19.9. The number of nitrogens with two attached hydrogens (primary N) is 1. The van der Waals surface area contributed by atoms with E-state index in [2.05, 4.69) is 41.5 Å². The number of carbonyl (C=O) groups is 6. The molecular weight excluding hydrogens is 739 g/mol. The van der Waals surface area contributed by atoms with Crippen molar-refractivity contribution in [3.05, 3.63) is 90.3 Å². The summed E-state index contributed by atoms with van der Waals surface area (Å²) in [5.74, 6) is -2.53. The number of nitrogens with one attached hydrogen (secondary N) is 6. The smallest absolute Gasteiger partial charge is 0.243 e. The number of imidazole rings is 1. The Balaban J connectivity index is 1.24. The lowest BCUT2D eigenvalue weighted by atomic mass is 9.80. The lowest BCUT2D eigenvalue weighted by Gasteiger charge is -2.36. The Morgan fingerprint density at radius 2 is 1.59 bits per heavy atom. The molecule has 306 valence electrons. The van der Waals surface area contributed by atoms with Gasteiger partial charge in [0.25, 0.3) is 0 Å². The summed E-state index contributed by atoms with van der Waals surface area (Å²) in [6.45, 7) is 2.07. The summed E-state index contributed by atoms with van der Waals surface area (Å²) < 4.78 is 0. The van der Waals surface area contributed by atoms with Gasteiger partial charge in [0.15, 0.2) is 0 Å². The highest BCUT2D eigenvalue weighted by Gasteiger charge is 2.41. The van der Waals surface area contributed by atoms with Crippen LogP contribution in [0.4, 0.5) is 11.6 Å². The number of aromatic nitrogens is 3. The average Bonchev–Trinajstić information content (AvgIpc) is 3.65. The molecule has 0 radical (unpaired) electrons. The highest BCUT2D eigenvalue weighted by Crippen LogP contribution is 2.28. The van der Waals surface area contributed by atoms with Gasteiger partial charge in [-0.1, -0.05) is 49.6 Å². The van der Waals surface area contributed by atoms with Crippen LogP contribution in [0.15, 0.2) is 79.1 Å². The number of anilines is 2. The molecular formula is C43H53N9O6. The van der Waals surface area contributed by atoms with Crippen molar-refractivity contribution >= 4 is 64.6 Å². The van der Waals surface area contributed by atoms with Crippen LogP contribution in [0.1, 0.15) is 94.6 Å². The first-order chi connectivity index (χ1) is 28.1. The molecule has 2 heterocycles. The lowest BCUT2D eigenvalue weighted by molar-refractivity contribution is -0.136. The highest BCUT2D eigenvalue weighted by atomic mass is 16.2. The van der Waals surface area contributed by atoms with Crippen LogP contribution in [0.2, 0.25) is 0 Å². The van der Waals surface area contributed by atoms with Crippen LogP contribution in [-0.2, 0) is 28.8 Å². The van der Waals surface area contributed by atoms with Gasteiger partial charge in [0.2, 0.25) is 35.5 Å². The van der Waals surface area contributed by atoms with E-state index in [-0.39, 0.29) is 25.2 Å². The van der Waals surface area contributed by atoms with E-state index in [4.69, 9.17) is 5.73 Å². The fourth-order valence-corrected chi connectivity index (χ4v) is 6.97. The van der Waals surface area contributed by atoms with E-state index in [9.17, 15) is 28.8 Å². The summed E-state index contributed by atoms with van der Waals surface area (Å²) >= 11 is 0. The first kappa shape index (κ1) is 42.8. The van der Waals surface area contributed by atoms with Gasteiger partial charge in [-0.15, -0.1) is 0 Å². The number of H-pyrrole nitrogens is 1. The van der Waals surface area contributed by atoms with Gasteiger partial charge in [0, 0.05) is 37.1 Å². The molecule has 58 heavy (non-hydrogen) atoms.